The Morgan fingerprint density at radius 1 is 1.44 bits per heavy atom. The molecule has 0 amide bonds. The summed E-state index contributed by atoms with van der Waals surface area (Å²) >= 11 is 1.27. The lowest BCUT2D eigenvalue weighted by molar-refractivity contribution is 0.0190. The normalized spacial score (nSPS) is 15.9. The molecule has 0 aromatic carbocycles. The first-order chi connectivity index (χ1) is 8.19. The van der Waals surface area contributed by atoms with Gasteiger partial charge >= 0.3 is 0 Å². The molecule has 4 nitrogen and oxygen atoms in total. The van der Waals surface area contributed by atoms with Crippen molar-refractivity contribution in [1.82, 2.24) is 4.72 Å². The molecule has 0 saturated carbocycles. The highest BCUT2D eigenvalue weighted by molar-refractivity contribution is 7.91. The van der Waals surface area contributed by atoms with Gasteiger partial charge in [0.25, 0.3) is 0 Å². The van der Waals surface area contributed by atoms with Gasteiger partial charge in [-0.2, -0.15) is 0 Å². The Balaban J connectivity index is 2.77. The second-order valence-electron chi connectivity index (χ2n) is 4.91. The lowest BCUT2D eigenvalue weighted by atomic mass is 9.93. The van der Waals surface area contributed by atoms with Crippen molar-refractivity contribution in [3.05, 3.63) is 17.0 Å². The second kappa shape index (κ2) is 5.69. The summed E-state index contributed by atoms with van der Waals surface area (Å²) in [5.41, 5.74) is -1.04. The minimum Gasteiger partial charge on any atom is -0.389 e. The van der Waals surface area contributed by atoms with E-state index in [0.29, 0.717) is 4.21 Å². The zero-order valence-corrected chi connectivity index (χ0v) is 12.9. The summed E-state index contributed by atoms with van der Waals surface area (Å²) in [5, 5.41) is 10.0. The fourth-order valence-corrected chi connectivity index (χ4v) is 3.69. The minimum atomic E-state index is -3.51. The van der Waals surface area contributed by atoms with Crippen LogP contribution in [0.1, 0.15) is 32.6 Å². The molecule has 0 saturated heterocycles. The molecule has 1 heterocycles. The highest BCUT2D eigenvalue weighted by atomic mass is 32.2. The molecule has 0 aliphatic rings. The largest absolute Gasteiger partial charge is 0.389 e. The molecule has 0 radical (unpaired) electrons. The molecule has 0 fully saturated rings. The third-order valence-electron chi connectivity index (χ3n) is 3.11. The maximum Gasteiger partial charge on any atom is 0.250 e. The summed E-state index contributed by atoms with van der Waals surface area (Å²) in [6.07, 6.45) is 0.823. The fourth-order valence-electron chi connectivity index (χ4n) is 1.21. The van der Waals surface area contributed by atoms with E-state index in [0.717, 1.165) is 11.3 Å². The summed E-state index contributed by atoms with van der Waals surface area (Å²) < 4.78 is 26.8. The Morgan fingerprint density at radius 2 is 2.06 bits per heavy atom. The zero-order chi connectivity index (χ0) is 14.0. The van der Waals surface area contributed by atoms with Gasteiger partial charge in [-0.1, -0.05) is 20.8 Å². The van der Waals surface area contributed by atoms with Gasteiger partial charge in [0.05, 0.1) is 5.60 Å². The third-order valence-corrected chi connectivity index (χ3v) is 6.24. The van der Waals surface area contributed by atoms with E-state index in [-0.39, 0.29) is 12.5 Å². The van der Waals surface area contributed by atoms with E-state index >= 15 is 0 Å². The Morgan fingerprint density at radius 3 is 2.50 bits per heavy atom. The first-order valence-corrected chi connectivity index (χ1v) is 8.29. The Hall–Kier alpha value is -0.430. The smallest absolute Gasteiger partial charge is 0.250 e. The van der Waals surface area contributed by atoms with Crippen LogP contribution in [0.4, 0.5) is 0 Å². The quantitative estimate of drug-likeness (QED) is 0.842. The van der Waals surface area contributed by atoms with Crippen LogP contribution in [0.5, 0.6) is 0 Å². The van der Waals surface area contributed by atoms with Crippen molar-refractivity contribution in [1.29, 1.82) is 0 Å². The molecule has 1 aromatic heterocycles. The molecule has 1 unspecified atom stereocenters. The maximum absolute atomic E-state index is 12.0. The molecule has 0 aliphatic carbocycles. The van der Waals surface area contributed by atoms with Crippen molar-refractivity contribution >= 4 is 21.4 Å². The van der Waals surface area contributed by atoms with Crippen LogP contribution in [0.25, 0.3) is 0 Å². The van der Waals surface area contributed by atoms with E-state index < -0.39 is 15.6 Å². The van der Waals surface area contributed by atoms with Crippen LogP contribution in [0.15, 0.2) is 16.3 Å². The van der Waals surface area contributed by atoms with Crippen molar-refractivity contribution in [3.8, 4) is 0 Å². The lowest BCUT2D eigenvalue weighted by Crippen LogP contribution is -2.44. The number of sulfonamides is 1. The SMILES string of the molecule is CCc1ccc(S(=O)(=O)NCC(C)(O)C(C)C)s1. The minimum absolute atomic E-state index is 0.0188. The van der Waals surface area contributed by atoms with Crippen LogP contribution in [0, 0.1) is 5.92 Å². The molecule has 104 valence electrons. The van der Waals surface area contributed by atoms with Gasteiger partial charge < -0.3 is 5.11 Å². The first kappa shape index (κ1) is 15.6. The van der Waals surface area contributed by atoms with Crippen molar-refractivity contribution in [3.63, 3.8) is 0 Å². The first-order valence-electron chi connectivity index (χ1n) is 6.00. The standard InChI is InChI=1S/C12H21NO3S2/c1-5-10-6-7-11(17-10)18(15,16)13-8-12(4,14)9(2)3/h6-7,9,13-14H,5,8H2,1-4H3. The molecule has 1 aromatic rings. The van der Waals surface area contributed by atoms with Crippen LogP contribution in [-0.2, 0) is 16.4 Å². The molecule has 0 bridgehead atoms. The number of hydrogen-bond acceptors (Lipinski definition) is 4. The average Bonchev–Trinajstić information content (AvgIpc) is 2.75. The number of hydrogen-bond donors (Lipinski definition) is 2. The molecule has 1 rings (SSSR count). The van der Waals surface area contributed by atoms with Gasteiger partial charge in [0.2, 0.25) is 10.0 Å². The third kappa shape index (κ3) is 3.78. The van der Waals surface area contributed by atoms with Gasteiger partial charge in [-0.3, -0.25) is 0 Å². The van der Waals surface area contributed by atoms with E-state index in [9.17, 15) is 13.5 Å². The second-order valence-corrected chi connectivity index (χ2v) is 8.07. The van der Waals surface area contributed by atoms with Crippen LogP contribution >= 0.6 is 11.3 Å². The van der Waals surface area contributed by atoms with Crippen LogP contribution in [-0.4, -0.2) is 25.7 Å². The lowest BCUT2D eigenvalue weighted by Gasteiger charge is -2.27. The molecule has 18 heavy (non-hydrogen) atoms. The van der Waals surface area contributed by atoms with Gasteiger partial charge in [-0.05, 0) is 31.4 Å². The van der Waals surface area contributed by atoms with E-state index in [1.165, 1.54) is 11.3 Å². The van der Waals surface area contributed by atoms with Gasteiger partial charge in [0, 0.05) is 11.4 Å². The number of rotatable bonds is 6. The zero-order valence-electron chi connectivity index (χ0n) is 11.2. The number of aliphatic hydroxyl groups is 1. The molecule has 0 aliphatic heterocycles. The summed E-state index contributed by atoms with van der Waals surface area (Å²) in [7, 11) is -3.51. The molecule has 2 N–H and O–H groups in total. The van der Waals surface area contributed by atoms with Gasteiger partial charge in [0.1, 0.15) is 4.21 Å². The fraction of sp³-hybridized carbons (Fsp3) is 0.667. The number of aryl methyl sites for hydroxylation is 1. The summed E-state index contributed by atoms with van der Waals surface area (Å²) in [4.78, 5) is 1.03. The number of nitrogens with one attached hydrogen (secondary N) is 1. The van der Waals surface area contributed by atoms with Crippen molar-refractivity contribution in [2.45, 2.75) is 43.9 Å². The summed E-state index contributed by atoms with van der Waals surface area (Å²) in [5.74, 6) is -0.0188. The predicted molar refractivity (Wildman–Crippen MR) is 74.3 cm³/mol. The van der Waals surface area contributed by atoms with Crippen LogP contribution in [0.2, 0.25) is 0 Å². The van der Waals surface area contributed by atoms with Crippen molar-refractivity contribution in [2.24, 2.45) is 5.92 Å². The topological polar surface area (TPSA) is 66.4 Å². The molecular formula is C12H21NO3S2. The molecule has 0 spiro atoms. The Bertz CT molecular complexity index is 489. The summed E-state index contributed by atoms with van der Waals surface area (Å²) in [6, 6.07) is 3.43. The monoisotopic (exact) mass is 291 g/mol. The predicted octanol–water partition coefficient (Wildman–Crippen LogP) is 2.00. The van der Waals surface area contributed by atoms with Crippen molar-refractivity contribution < 1.29 is 13.5 Å². The highest BCUT2D eigenvalue weighted by Gasteiger charge is 2.27. The van der Waals surface area contributed by atoms with E-state index in [1.807, 2.05) is 26.8 Å². The van der Waals surface area contributed by atoms with Gasteiger partial charge in [-0.25, -0.2) is 13.1 Å². The van der Waals surface area contributed by atoms with Crippen molar-refractivity contribution in [2.75, 3.05) is 6.54 Å². The maximum atomic E-state index is 12.0. The molecular weight excluding hydrogens is 270 g/mol. The van der Waals surface area contributed by atoms with E-state index in [2.05, 4.69) is 4.72 Å². The molecule has 1 atom stereocenters. The van der Waals surface area contributed by atoms with Gasteiger partial charge in [-0.15, -0.1) is 11.3 Å². The van der Waals surface area contributed by atoms with Crippen LogP contribution in [0.3, 0.4) is 0 Å². The summed E-state index contributed by atoms with van der Waals surface area (Å²) in [6.45, 7) is 7.35. The van der Waals surface area contributed by atoms with E-state index in [1.54, 1.807) is 13.0 Å². The average molecular weight is 291 g/mol. The molecule has 6 heteroatoms. The highest BCUT2D eigenvalue weighted by Crippen LogP contribution is 2.22. The number of thiophene rings is 1. The Labute approximate surface area is 113 Å². The van der Waals surface area contributed by atoms with E-state index in [4.69, 9.17) is 0 Å². The van der Waals surface area contributed by atoms with Gasteiger partial charge in [0.15, 0.2) is 0 Å². The Kier molecular flexibility index (Phi) is 4.94. The van der Waals surface area contributed by atoms with Crippen LogP contribution < -0.4 is 4.72 Å².